The molecule has 0 amide bonds. The fourth-order valence-corrected chi connectivity index (χ4v) is 2.59. The van der Waals surface area contributed by atoms with Crippen LogP contribution in [-0.2, 0) is 19.5 Å². The van der Waals surface area contributed by atoms with Crippen molar-refractivity contribution >= 4 is 16.0 Å². The van der Waals surface area contributed by atoms with E-state index in [1.807, 2.05) is 0 Å². The lowest BCUT2D eigenvalue weighted by atomic mass is 10.2. The smallest absolute Gasteiger partial charge is 0.339 e. The topological polar surface area (TPSA) is 111 Å². The number of hydrogen-bond donors (Lipinski definition) is 2. The molecule has 0 saturated carbocycles. The van der Waals surface area contributed by atoms with Crippen LogP contribution in [0.4, 0.5) is 0 Å². The number of rotatable bonds is 8. The Morgan fingerprint density at radius 2 is 1.90 bits per heavy atom. The molecule has 2 N–H and O–H groups in total. The maximum absolute atomic E-state index is 12.1. The van der Waals surface area contributed by atoms with Crippen LogP contribution in [0.5, 0.6) is 5.75 Å². The molecule has 0 aliphatic carbocycles. The number of methoxy groups -OCH3 is 3. The lowest BCUT2D eigenvalue weighted by molar-refractivity contribution is -0.0960. The molecule has 0 unspecified atom stereocenters. The summed E-state index contributed by atoms with van der Waals surface area (Å²) in [6, 6.07) is 3.56. The summed E-state index contributed by atoms with van der Waals surface area (Å²) in [6.07, 6.45) is -0.739. The number of aromatic carboxylic acids is 1. The third kappa shape index (κ3) is 4.39. The van der Waals surface area contributed by atoms with Gasteiger partial charge < -0.3 is 19.3 Å². The highest BCUT2D eigenvalue weighted by Crippen LogP contribution is 2.22. The molecule has 0 atom stereocenters. The third-order valence-corrected chi connectivity index (χ3v) is 4.10. The average molecular weight is 319 g/mol. The fraction of sp³-hybridized carbons (Fsp3) is 0.417. The zero-order valence-electron chi connectivity index (χ0n) is 11.8. The van der Waals surface area contributed by atoms with Gasteiger partial charge in [-0.1, -0.05) is 0 Å². The summed E-state index contributed by atoms with van der Waals surface area (Å²) in [5, 5.41) is 9.05. The van der Waals surface area contributed by atoms with Crippen LogP contribution in [0.2, 0.25) is 0 Å². The van der Waals surface area contributed by atoms with Crippen LogP contribution in [0.3, 0.4) is 0 Å². The van der Waals surface area contributed by atoms with Crippen LogP contribution in [0.1, 0.15) is 10.4 Å². The second-order valence-electron chi connectivity index (χ2n) is 3.92. The Hall–Kier alpha value is -1.68. The number of ether oxygens (including phenoxy) is 3. The second-order valence-corrected chi connectivity index (χ2v) is 5.69. The summed E-state index contributed by atoms with van der Waals surface area (Å²) >= 11 is 0. The second kappa shape index (κ2) is 7.36. The number of carboxylic acids is 1. The number of sulfonamides is 1. The molecule has 21 heavy (non-hydrogen) atoms. The van der Waals surface area contributed by atoms with Crippen molar-refractivity contribution in [3.05, 3.63) is 23.8 Å². The Morgan fingerprint density at radius 3 is 2.38 bits per heavy atom. The first-order valence-electron chi connectivity index (χ1n) is 5.82. The summed E-state index contributed by atoms with van der Waals surface area (Å²) in [5.41, 5.74) is -0.240. The SMILES string of the molecule is COc1ccc(S(=O)(=O)NCC(OC)OC)cc1C(=O)O. The molecule has 1 aromatic carbocycles. The zero-order chi connectivity index (χ0) is 16.0. The van der Waals surface area contributed by atoms with Gasteiger partial charge in [-0.2, -0.15) is 0 Å². The molecule has 8 nitrogen and oxygen atoms in total. The maximum Gasteiger partial charge on any atom is 0.339 e. The molecule has 0 bridgehead atoms. The van der Waals surface area contributed by atoms with Gasteiger partial charge in [-0.15, -0.1) is 0 Å². The molecule has 0 aromatic heterocycles. The van der Waals surface area contributed by atoms with E-state index in [4.69, 9.17) is 19.3 Å². The van der Waals surface area contributed by atoms with Crippen molar-refractivity contribution < 1.29 is 32.5 Å². The molecule has 0 fully saturated rings. The van der Waals surface area contributed by atoms with Gasteiger partial charge in [0.05, 0.1) is 18.6 Å². The van der Waals surface area contributed by atoms with Gasteiger partial charge in [-0.3, -0.25) is 0 Å². The highest BCUT2D eigenvalue weighted by atomic mass is 32.2. The number of nitrogens with one attached hydrogen (secondary N) is 1. The van der Waals surface area contributed by atoms with Gasteiger partial charge in [-0.05, 0) is 18.2 Å². The summed E-state index contributed by atoms with van der Waals surface area (Å²) in [4.78, 5) is 10.9. The Morgan fingerprint density at radius 1 is 1.29 bits per heavy atom. The highest BCUT2D eigenvalue weighted by molar-refractivity contribution is 7.89. The minimum absolute atomic E-state index is 0.0770. The van der Waals surface area contributed by atoms with Gasteiger partial charge in [0.15, 0.2) is 6.29 Å². The summed E-state index contributed by atoms with van der Waals surface area (Å²) in [7, 11) is 0.163. The number of benzene rings is 1. The molecule has 1 aromatic rings. The molecule has 9 heteroatoms. The summed E-state index contributed by atoms with van der Waals surface area (Å²) in [5.74, 6) is -1.20. The predicted molar refractivity (Wildman–Crippen MR) is 72.9 cm³/mol. The van der Waals surface area contributed by atoms with Crippen LogP contribution >= 0.6 is 0 Å². The van der Waals surface area contributed by atoms with Gasteiger partial charge in [0.25, 0.3) is 0 Å². The standard InChI is InChI=1S/C12H17NO7S/c1-18-10-5-4-8(6-9(10)12(14)15)21(16,17)13-7-11(19-2)20-3/h4-6,11,13H,7H2,1-3H3,(H,14,15). The Kier molecular flexibility index (Phi) is 6.09. The molecule has 0 aliphatic heterocycles. The number of carboxylic acid groups (broad SMARTS) is 1. The van der Waals surface area contributed by atoms with Gasteiger partial charge >= 0.3 is 5.97 Å². The quantitative estimate of drug-likeness (QED) is 0.662. The Bertz CT molecular complexity index is 596. The van der Waals surface area contributed by atoms with E-state index in [0.717, 1.165) is 6.07 Å². The van der Waals surface area contributed by atoms with Crippen LogP contribution in [0.25, 0.3) is 0 Å². The van der Waals surface area contributed by atoms with Crippen molar-refractivity contribution in [3.63, 3.8) is 0 Å². The van der Waals surface area contributed by atoms with Crippen LogP contribution in [-0.4, -0.2) is 53.7 Å². The average Bonchev–Trinajstić information content (AvgIpc) is 2.47. The predicted octanol–water partition coefficient (Wildman–Crippen LogP) is 0.291. The van der Waals surface area contributed by atoms with Gasteiger partial charge in [-0.25, -0.2) is 17.9 Å². The highest BCUT2D eigenvalue weighted by Gasteiger charge is 2.20. The van der Waals surface area contributed by atoms with E-state index in [1.165, 1.54) is 33.5 Å². The van der Waals surface area contributed by atoms with Gasteiger partial charge in [0.1, 0.15) is 11.3 Å². The largest absolute Gasteiger partial charge is 0.496 e. The maximum atomic E-state index is 12.1. The monoisotopic (exact) mass is 319 g/mol. The van der Waals surface area contributed by atoms with Crippen molar-refractivity contribution in [2.45, 2.75) is 11.2 Å². The van der Waals surface area contributed by atoms with Crippen molar-refractivity contribution in [1.29, 1.82) is 0 Å². The molecule has 118 valence electrons. The lowest BCUT2D eigenvalue weighted by Gasteiger charge is -2.14. The number of carbonyl (C=O) groups is 1. The number of hydrogen-bond acceptors (Lipinski definition) is 6. The van der Waals surface area contributed by atoms with Crippen LogP contribution < -0.4 is 9.46 Å². The molecule has 1 rings (SSSR count). The van der Waals surface area contributed by atoms with E-state index in [0.29, 0.717) is 0 Å². The van der Waals surface area contributed by atoms with E-state index >= 15 is 0 Å². The van der Waals surface area contributed by atoms with E-state index in [2.05, 4.69) is 4.72 Å². The third-order valence-electron chi connectivity index (χ3n) is 2.68. The zero-order valence-corrected chi connectivity index (χ0v) is 12.6. The molecule has 0 aliphatic rings. The first-order chi connectivity index (χ1) is 9.85. The summed E-state index contributed by atoms with van der Waals surface area (Å²) < 4.78 is 41.0. The van der Waals surface area contributed by atoms with Crippen molar-refractivity contribution in [1.82, 2.24) is 4.72 Å². The van der Waals surface area contributed by atoms with Crippen LogP contribution in [0.15, 0.2) is 23.1 Å². The Labute approximate surface area is 122 Å². The molecule has 0 heterocycles. The van der Waals surface area contributed by atoms with Crippen molar-refractivity contribution in [2.75, 3.05) is 27.9 Å². The van der Waals surface area contributed by atoms with Crippen molar-refractivity contribution in [3.8, 4) is 5.75 Å². The molecule has 0 spiro atoms. The molecule has 0 radical (unpaired) electrons. The van der Waals surface area contributed by atoms with Gasteiger partial charge in [0.2, 0.25) is 10.0 Å². The fourth-order valence-electron chi connectivity index (χ4n) is 1.55. The van der Waals surface area contributed by atoms with E-state index < -0.39 is 22.3 Å². The first kappa shape index (κ1) is 17.4. The Balaban J connectivity index is 3.03. The normalized spacial score (nSPS) is 11.6. The minimum Gasteiger partial charge on any atom is -0.496 e. The van der Waals surface area contributed by atoms with E-state index in [9.17, 15) is 13.2 Å². The first-order valence-corrected chi connectivity index (χ1v) is 7.30. The van der Waals surface area contributed by atoms with Crippen LogP contribution in [0, 0.1) is 0 Å². The molecular formula is C12H17NO7S. The summed E-state index contributed by atoms with van der Waals surface area (Å²) in [6.45, 7) is -0.107. The lowest BCUT2D eigenvalue weighted by Crippen LogP contribution is -2.34. The molecule has 0 saturated heterocycles. The molecular weight excluding hydrogens is 302 g/mol. The van der Waals surface area contributed by atoms with E-state index in [-0.39, 0.29) is 22.8 Å². The van der Waals surface area contributed by atoms with Crippen molar-refractivity contribution in [2.24, 2.45) is 0 Å². The van der Waals surface area contributed by atoms with Gasteiger partial charge in [0, 0.05) is 14.2 Å². The van der Waals surface area contributed by atoms with E-state index in [1.54, 1.807) is 0 Å². The minimum atomic E-state index is -3.89.